The topological polar surface area (TPSA) is 68.3 Å². The molecule has 0 spiro atoms. The standard InChI is InChI=1S/C24H21ClN2O3S/c1-15-4-7-18(12-16(15)2)27-24-21-13-19(30-3)8-11-22(21)26-14-23(24)31(28,29)20-9-5-17(25)6-10-20/h4-14H,1-3H3,(H,26,27). The SMILES string of the molecule is COc1ccc2ncc(S(=O)(=O)c3ccc(Cl)cc3)c(Nc3ccc(C)c(C)c3)c2c1. The number of nitrogens with zero attached hydrogens (tertiary/aromatic N) is 1. The predicted molar refractivity (Wildman–Crippen MR) is 124 cm³/mol. The second-order valence-corrected chi connectivity index (χ2v) is 9.62. The number of hydrogen-bond acceptors (Lipinski definition) is 5. The highest BCUT2D eigenvalue weighted by Gasteiger charge is 2.24. The van der Waals surface area contributed by atoms with Crippen molar-refractivity contribution in [3.8, 4) is 5.75 Å². The average molecular weight is 453 g/mol. The van der Waals surface area contributed by atoms with Crippen molar-refractivity contribution in [1.29, 1.82) is 0 Å². The van der Waals surface area contributed by atoms with Gasteiger partial charge in [0, 0.05) is 22.3 Å². The van der Waals surface area contributed by atoms with Gasteiger partial charge in [-0.3, -0.25) is 4.98 Å². The smallest absolute Gasteiger partial charge is 0.210 e. The van der Waals surface area contributed by atoms with Gasteiger partial charge < -0.3 is 10.1 Å². The first-order valence-electron chi connectivity index (χ1n) is 9.61. The molecule has 5 nitrogen and oxygen atoms in total. The minimum atomic E-state index is -3.86. The Bertz CT molecular complexity index is 1380. The minimum Gasteiger partial charge on any atom is -0.497 e. The van der Waals surface area contributed by atoms with E-state index in [2.05, 4.69) is 10.3 Å². The monoisotopic (exact) mass is 452 g/mol. The van der Waals surface area contributed by atoms with Gasteiger partial charge in [-0.05, 0) is 79.6 Å². The zero-order valence-electron chi connectivity index (χ0n) is 17.3. The fraction of sp³-hybridized carbons (Fsp3) is 0.125. The van der Waals surface area contributed by atoms with Gasteiger partial charge in [0.15, 0.2) is 0 Å². The summed E-state index contributed by atoms with van der Waals surface area (Å²) in [6.07, 6.45) is 1.39. The summed E-state index contributed by atoms with van der Waals surface area (Å²) in [5, 5.41) is 4.43. The van der Waals surface area contributed by atoms with Crippen LogP contribution in [0.1, 0.15) is 11.1 Å². The maximum absolute atomic E-state index is 13.5. The molecule has 4 rings (SSSR count). The van der Waals surface area contributed by atoms with Crippen molar-refractivity contribution in [2.45, 2.75) is 23.6 Å². The molecule has 1 heterocycles. The molecule has 7 heteroatoms. The van der Waals surface area contributed by atoms with Crippen molar-refractivity contribution in [3.63, 3.8) is 0 Å². The van der Waals surface area contributed by atoms with Crippen LogP contribution >= 0.6 is 11.6 Å². The third kappa shape index (κ3) is 4.09. The van der Waals surface area contributed by atoms with Gasteiger partial charge in [-0.25, -0.2) is 8.42 Å². The second-order valence-electron chi connectivity index (χ2n) is 7.26. The van der Waals surface area contributed by atoms with Crippen LogP contribution in [0.15, 0.2) is 76.7 Å². The Hall–Kier alpha value is -3.09. The number of ether oxygens (including phenoxy) is 1. The summed E-state index contributed by atoms with van der Waals surface area (Å²) in [4.78, 5) is 4.62. The highest BCUT2D eigenvalue weighted by atomic mass is 35.5. The molecule has 1 N–H and O–H groups in total. The van der Waals surface area contributed by atoms with Crippen molar-refractivity contribution in [3.05, 3.63) is 83.0 Å². The number of hydrogen-bond donors (Lipinski definition) is 1. The van der Waals surface area contributed by atoms with E-state index in [0.29, 0.717) is 27.4 Å². The summed E-state index contributed by atoms with van der Waals surface area (Å²) in [5.41, 5.74) is 4.14. The van der Waals surface area contributed by atoms with E-state index in [1.807, 2.05) is 32.0 Å². The van der Waals surface area contributed by atoms with Gasteiger partial charge in [0.1, 0.15) is 10.6 Å². The molecule has 1 aromatic heterocycles. The number of nitrogens with one attached hydrogen (secondary N) is 1. The molecule has 0 saturated carbocycles. The van der Waals surface area contributed by atoms with E-state index in [1.54, 1.807) is 37.4 Å². The molecular formula is C24H21ClN2O3S. The summed E-state index contributed by atoms with van der Waals surface area (Å²) in [6, 6.07) is 17.4. The molecule has 0 saturated heterocycles. The molecule has 0 aliphatic heterocycles. The lowest BCUT2D eigenvalue weighted by Crippen LogP contribution is -2.07. The van der Waals surface area contributed by atoms with Gasteiger partial charge in [-0.15, -0.1) is 0 Å². The van der Waals surface area contributed by atoms with Crippen LogP contribution in [0.4, 0.5) is 11.4 Å². The third-order valence-corrected chi connectivity index (χ3v) is 7.26. The van der Waals surface area contributed by atoms with Crippen molar-refractivity contribution in [1.82, 2.24) is 4.98 Å². The van der Waals surface area contributed by atoms with Crippen LogP contribution in [-0.2, 0) is 9.84 Å². The first-order valence-corrected chi connectivity index (χ1v) is 11.5. The van der Waals surface area contributed by atoms with Crippen molar-refractivity contribution in [2.75, 3.05) is 12.4 Å². The number of fused-ring (bicyclic) bond motifs is 1. The Morgan fingerprint density at radius 3 is 2.35 bits per heavy atom. The third-order valence-electron chi connectivity index (χ3n) is 5.23. The minimum absolute atomic E-state index is 0.0776. The Morgan fingerprint density at radius 2 is 1.68 bits per heavy atom. The van der Waals surface area contributed by atoms with Crippen LogP contribution in [-0.4, -0.2) is 20.5 Å². The molecule has 31 heavy (non-hydrogen) atoms. The zero-order chi connectivity index (χ0) is 22.2. The Morgan fingerprint density at radius 1 is 0.935 bits per heavy atom. The van der Waals surface area contributed by atoms with Gasteiger partial charge in [-0.1, -0.05) is 17.7 Å². The summed E-state index contributed by atoms with van der Waals surface area (Å²) < 4.78 is 32.4. The lowest BCUT2D eigenvalue weighted by molar-refractivity contribution is 0.415. The van der Waals surface area contributed by atoms with E-state index in [9.17, 15) is 8.42 Å². The maximum atomic E-state index is 13.5. The molecule has 0 atom stereocenters. The van der Waals surface area contributed by atoms with E-state index < -0.39 is 9.84 Å². The number of aryl methyl sites for hydroxylation is 2. The summed E-state index contributed by atoms with van der Waals surface area (Å²) in [6.45, 7) is 4.04. The van der Waals surface area contributed by atoms with Gasteiger partial charge in [-0.2, -0.15) is 0 Å². The van der Waals surface area contributed by atoms with Gasteiger partial charge in [0.25, 0.3) is 0 Å². The fourth-order valence-corrected chi connectivity index (χ4v) is 4.81. The lowest BCUT2D eigenvalue weighted by atomic mass is 10.1. The number of aromatic nitrogens is 1. The van der Waals surface area contributed by atoms with E-state index in [0.717, 1.165) is 16.8 Å². The molecule has 3 aromatic carbocycles. The summed E-state index contributed by atoms with van der Waals surface area (Å²) in [7, 11) is -2.29. The normalized spacial score (nSPS) is 11.5. The largest absolute Gasteiger partial charge is 0.497 e. The molecule has 0 aliphatic carbocycles. The van der Waals surface area contributed by atoms with E-state index >= 15 is 0 Å². The highest BCUT2D eigenvalue weighted by Crippen LogP contribution is 2.37. The fourth-order valence-electron chi connectivity index (χ4n) is 3.32. The molecule has 0 aliphatic rings. The van der Waals surface area contributed by atoms with E-state index in [-0.39, 0.29) is 9.79 Å². The van der Waals surface area contributed by atoms with Crippen LogP contribution in [0.3, 0.4) is 0 Å². The highest BCUT2D eigenvalue weighted by molar-refractivity contribution is 7.91. The molecule has 4 aromatic rings. The molecule has 0 unspecified atom stereocenters. The number of methoxy groups -OCH3 is 1. The van der Waals surface area contributed by atoms with Crippen LogP contribution in [0.5, 0.6) is 5.75 Å². The molecule has 0 radical (unpaired) electrons. The number of sulfone groups is 1. The van der Waals surface area contributed by atoms with Crippen molar-refractivity contribution in [2.24, 2.45) is 0 Å². The maximum Gasteiger partial charge on any atom is 0.210 e. The number of anilines is 2. The average Bonchev–Trinajstić information content (AvgIpc) is 2.76. The van der Waals surface area contributed by atoms with E-state index in [1.165, 1.54) is 18.3 Å². The summed E-state index contributed by atoms with van der Waals surface area (Å²) in [5.74, 6) is 0.610. The first kappa shape index (κ1) is 21.2. The summed E-state index contributed by atoms with van der Waals surface area (Å²) >= 11 is 5.95. The predicted octanol–water partition coefficient (Wildman–Crippen LogP) is 6.09. The molecular weight excluding hydrogens is 432 g/mol. The Kier molecular flexibility index (Phi) is 5.60. The van der Waals surface area contributed by atoms with Gasteiger partial charge in [0.2, 0.25) is 9.84 Å². The van der Waals surface area contributed by atoms with E-state index in [4.69, 9.17) is 16.3 Å². The van der Waals surface area contributed by atoms with Gasteiger partial charge in [0.05, 0.1) is 23.2 Å². The molecule has 0 bridgehead atoms. The quantitative estimate of drug-likeness (QED) is 0.396. The van der Waals surface area contributed by atoms with Crippen molar-refractivity contribution < 1.29 is 13.2 Å². The number of halogens is 1. The van der Waals surface area contributed by atoms with Crippen LogP contribution in [0.2, 0.25) is 5.02 Å². The first-order chi connectivity index (χ1) is 14.8. The van der Waals surface area contributed by atoms with Crippen molar-refractivity contribution >= 4 is 43.7 Å². The van der Waals surface area contributed by atoms with Crippen LogP contribution in [0, 0.1) is 13.8 Å². The number of rotatable bonds is 5. The molecule has 0 amide bonds. The number of pyridine rings is 1. The lowest BCUT2D eigenvalue weighted by Gasteiger charge is -2.16. The number of benzene rings is 3. The Labute approximate surface area is 186 Å². The zero-order valence-corrected chi connectivity index (χ0v) is 18.9. The van der Waals surface area contributed by atoms with Gasteiger partial charge >= 0.3 is 0 Å². The Balaban J connectivity index is 1.97. The van der Waals surface area contributed by atoms with Crippen LogP contribution < -0.4 is 10.1 Å². The molecule has 0 fully saturated rings. The second kappa shape index (κ2) is 8.21. The van der Waals surface area contributed by atoms with Crippen LogP contribution in [0.25, 0.3) is 10.9 Å². The molecule has 158 valence electrons.